The number of aliphatic imine (C=N–C) groups is 1. The van der Waals surface area contributed by atoms with Crippen LogP contribution in [-0.4, -0.2) is 32.3 Å². The maximum absolute atomic E-state index is 6.18. The molecule has 1 aliphatic rings. The van der Waals surface area contributed by atoms with Crippen molar-refractivity contribution in [1.82, 2.24) is 0 Å². The van der Waals surface area contributed by atoms with E-state index in [1.165, 1.54) is 11.1 Å². The first kappa shape index (κ1) is 23.5. The molecule has 2 aromatic rings. The van der Waals surface area contributed by atoms with Crippen molar-refractivity contribution in [2.24, 2.45) is 10.7 Å². The van der Waals surface area contributed by atoms with Crippen LogP contribution < -0.4 is 15.8 Å². The third kappa shape index (κ3) is 6.34. The van der Waals surface area contributed by atoms with E-state index in [4.69, 9.17) is 15.2 Å². The largest absolute Gasteiger partial charge is 0.494 e. The predicted molar refractivity (Wildman–Crippen MR) is 131 cm³/mol. The maximum atomic E-state index is 6.18. The van der Waals surface area contributed by atoms with Crippen LogP contribution in [0.4, 0.5) is 5.69 Å². The van der Waals surface area contributed by atoms with Crippen molar-refractivity contribution in [2.75, 3.05) is 31.7 Å². The molecular formula is C23H32IN3O2. The summed E-state index contributed by atoms with van der Waals surface area (Å²) < 4.78 is 11.2. The van der Waals surface area contributed by atoms with Crippen LogP contribution in [0.3, 0.4) is 0 Å². The topological polar surface area (TPSA) is 68.9 Å². The van der Waals surface area contributed by atoms with E-state index in [0.717, 1.165) is 43.9 Å². The van der Waals surface area contributed by atoms with Crippen LogP contribution in [0.1, 0.15) is 37.8 Å². The van der Waals surface area contributed by atoms with Crippen molar-refractivity contribution >= 4 is 35.6 Å². The molecule has 1 fully saturated rings. The lowest BCUT2D eigenvalue weighted by molar-refractivity contribution is 0.0531. The lowest BCUT2D eigenvalue weighted by Gasteiger charge is -2.36. The number of rotatable bonds is 7. The zero-order chi connectivity index (χ0) is 19.8. The molecule has 0 radical (unpaired) electrons. The highest BCUT2D eigenvalue weighted by molar-refractivity contribution is 14.0. The van der Waals surface area contributed by atoms with Crippen LogP contribution in [0.25, 0.3) is 0 Å². The molecule has 3 rings (SSSR count). The summed E-state index contributed by atoms with van der Waals surface area (Å²) in [6.45, 7) is 6.93. The summed E-state index contributed by atoms with van der Waals surface area (Å²) in [6.07, 6.45) is 2.89. The smallest absolute Gasteiger partial charge is 0.193 e. The van der Waals surface area contributed by atoms with Gasteiger partial charge in [0.2, 0.25) is 0 Å². The van der Waals surface area contributed by atoms with Gasteiger partial charge in [0.1, 0.15) is 5.75 Å². The number of nitrogens with zero attached hydrogens (tertiary/aromatic N) is 1. The Balaban J connectivity index is 0.00000300. The van der Waals surface area contributed by atoms with Gasteiger partial charge < -0.3 is 20.5 Å². The Labute approximate surface area is 191 Å². The number of hydrogen-bond acceptors (Lipinski definition) is 3. The zero-order valence-electron chi connectivity index (χ0n) is 17.3. The van der Waals surface area contributed by atoms with Crippen molar-refractivity contribution in [3.05, 3.63) is 59.7 Å². The first-order chi connectivity index (χ1) is 13.6. The fourth-order valence-electron chi connectivity index (χ4n) is 3.62. The second kappa shape index (κ2) is 11.4. The summed E-state index contributed by atoms with van der Waals surface area (Å²) in [5, 5.41) is 3.20. The van der Waals surface area contributed by atoms with Gasteiger partial charge in [0.05, 0.1) is 13.2 Å². The second-order valence-electron chi connectivity index (χ2n) is 7.23. The third-order valence-corrected chi connectivity index (χ3v) is 5.41. The van der Waals surface area contributed by atoms with Gasteiger partial charge in [-0.3, -0.25) is 4.99 Å². The number of nitrogens with two attached hydrogens (primary N) is 1. The number of ether oxygens (including phenoxy) is 2. The summed E-state index contributed by atoms with van der Waals surface area (Å²) in [4.78, 5) is 4.69. The monoisotopic (exact) mass is 509 g/mol. The molecule has 6 heteroatoms. The van der Waals surface area contributed by atoms with Gasteiger partial charge in [0, 0.05) is 24.3 Å². The summed E-state index contributed by atoms with van der Waals surface area (Å²) in [5.74, 6) is 1.34. The number of benzene rings is 2. The Bertz CT molecular complexity index is 770. The van der Waals surface area contributed by atoms with Crippen molar-refractivity contribution in [3.8, 4) is 5.75 Å². The Morgan fingerprint density at radius 3 is 2.31 bits per heavy atom. The summed E-state index contributed by atoms with van der Waals surface area (Å²) in [5.41, 5.74) is 9.66. The number of halogens is 1. The minimum absolute atomic E-state index is 0. The van der Waals surface area contributed by atoms with Gasteiger partial charge >= 0.3 is 0 Å². The second-order valence-corrected chi connectivity index (χ2v) is 7.23. The van der Waals surface area contributed by atoms with E-state index < -0.39 is 0 Å². The van der Waals surface area contributed by atoms with Crippen molar-refractivity contribution in [1.29, 1.82) is 0 Å². The third-order valence-electron chi connectivity index (χ3n) is 5.41. The van der Waals surface area contributed by atoms with Crippen LogP contribution in [-0.2, 0) is 16.6 Å². The van der Waals surface area contributed by atoms with E-state index >= 15 is 0 Å². The molecule has 0 atom stereocenters. The highest BCUT2D eigenvalue weighted by Crippen LogP contribution is 2.36. The molecule has 0 saturated carbocycles. The number of anilines is 1. The molecule has 3 N–H and O–H groups in total. The minimum Gasteiger partial charge on any atom is -0.494 e. The fraction of sp³-hybridized carbons (Fsp3) is 0.435. The molecule has 0 amide bonds. The van der Waals surface area contributed by atoms with Gasteiger partial charge in [-0.2, -0.15) is 0 Å². The van der Waals surface area contributed by atoms with Gasteiger partial charge in [-0.25, -0.2) is 0 Å². The Morgan fingerprint density at radius 1 is 1.07 bits per heavy atom. The first-order valence-electron chi connectivity index (χ1n) is 10.1. The van der Waals surface area contributed by atoms with E-state index in [2.05, 4.69) is 41.5 Å². The van der Waals surface area contributed by atoms with Crippen molar-refractivity contribution in [2.45, 2.75) is 38.5 Å². The molecule has 2 aromatic carbocycles. The Kier molecular flexibility index (Phi) is 9.23. The van der Waals surface area contributed by atoms with Crippen LogP contribution in [0.5, 0.6) is 5.75 Å². The standard InChI is InChI=1S/C23H31N3O2.HI/c1-3-18-5-9-20(10-6-18)26-22(24)25-17-23(13-15-27-16-14-23)19-7-11-21(12-8-19)28-4-2;/h5-12H,3-4,13-17H2,1-2H3,(H3,24,25,26);1H. The van der Waals surface area contributed by atoms with Crippen LogP contribution in [0.2, 0.25) is 0 Å². The zero-order valence-corrected chi connectivity index (χ0v) is 19.6. The molecule has 1 saturated heterocycles. The molecule has 0 spiro atoms. The summed E-state index contributed by atoms with van der Waals surface area (Å²) >= 11 is 0. The SMILES string of the molecule is CCOc1ccc(C2(CN=C(N)Nc3ccc(CC)cc3)CCOCC2)cc1.I. The van der Waals surface area contributed by atoms with Gasteiger partial charge in [-0.05, 0) is 61.6 Å². The lowest BCUT2D eigenvalue weighted by Crippen LogP contribution is -2.38. The molecule has 5 nitrogen and oxygen atoms in total. The number of hydrogen-bond donors (Lipinski definition) is 2. The van der Waals surface area contributed by atoms with E-state index in [-0.39, 0.29) is 29.4 Å². The molecule has 1 aliphatic heterocycles. The normalized spacial score (nSPS) is 16.0. The highest BCUT2D eigenvalue weighted by atomic mass is 127. The lowest BCUT2D eigenvalue weighted by atomic mass is 9.74. The number of nitrogens with one attached hydrogen (secondary N) is 1. The van der Waals surface area contributed by atoms with Crippen LogP contribution in [0.15, 0.2) is 53.5 Å². The molecule has 29 heavy (non-hydrogen) atoms. The average Bonchev–Trinajstić information content (AvgIpc) is 2.74. The fourth-order valence-corrected chi connectivity index (χ4v) is 3.62. The summed E-state index contributed by atoms with van der Waals surface area (Å²) in [6, 6.07) is 16.7. The van der Waals surface area contributed by atoms with Gasteiger partial charge in [0.25, 0.3) is 0 Å². The molecule has 0 aromatic heterocycles. The molecule has 0 unspecified atom stereocenters. The Morgan fingerprint density at radius 2 is 1.72 bits per heavy atom. The summed E-state index contributed by atoms with van der Waals surface area (Å²) in [7, 11) is 0. The molecule has 0 bridgehead atoms. The van der Waals surface area contributed by atoms with Crippen LogP contribution in [0, 0.1) is 0 Å². The molecule has 158 valence electrons. The van der Waals surface area contributed by atoms with Gasteiger partial charge in [-0.15, -0.1) is 24.0 Å². The van der Waals surface area contributed by atoms with E-state index in [1.54, 1.807) is 0 Å². The van der Waals surface area contributed by atoms with Crippen molar-refractivity contribution < 1.29 is 9.47 Å². The van der Waals surface area contributed by atoms with E-state index in [0.29, 0.717) is 19.1 Å². The highest BCUT2D eigenvalue weighted by Gasteiger charge is 2.34. The number of aryl methyl sites for hydroxylation is 1. The molecular weight excluding hydrogens is 477 g/mol. The Hall–Kier alpha value is -1.80. The predicted octanol–water partition coefficient (Wildman–Crippen LogP) is 4.74. The van der Waals surface area contributed by atoms with Gasteiger partial charge in [-0.1, -0.05) is 31.2 Å². The molecule has 0 aliphatic carbocycles. The quantitative estimate of drug-likeness (QED) is 0.322. The maximum Gasteiger partial charge on any atom is 0.193 e. The van der Waals surface area contributed by atoms with Gasteiger partial charge in [0.15, 0.2) is 5.96 Å². The van der Waals surface area contributed by atoms with E-state index in [9.17, 15) is 0 Å². The average molecular weight is 509 g/mol. The number of guanidine groups is 1. The molecule has 1 heterocycles. The van der Waals surface area contributed by atoms with Crippen molar-refractivity contribution in [3.63, 3.8) is 0 Å². The minimum atomic E-state index is -0.0542. The first-order valence-corrected chi connectivity index (χ1v) is 10.1. The van der Waals surface area contributed by atoms with E-state index in [1.807, 2.05) is 31.2 Å². The van der Waals surface area contributed by atoms with Crippen LogP contribution >= 0.6 is 24.0 Å².